The lowest BCUT2D eigenvalue weighted by molar-refractivity contribution is -0.145. The van der Waals surface area contributed by atoms with Crippen molar-refractivity contribution in [2.24, 2.45) is 0 Å². The summed E-state index contributed by atoms with van der Waals surface area (Å²) in [4.78, 5) is 35.9. The van der Waals surface area contributed by atoms with E-state index in [0.717, 1.165) is 22.2 Å². The number of aliphatic carboxylic acids is 1. The molecule has 0 radical (unpaired) electrons. The lowest BCUT2D eigenvalue weighted by atomic mass is 10.2. The SMILES string of the molecule is CCOc1ccc(/C=C2/SC(=O)N([C@@H](C)C(=O)O)C2=O)cc1. The molecule has 0 bridgehead atoms. The first kappa shape index (κ1) is 16.1. The van der Waals surface area contributed by atoms with Crippen molar-refractivity contribution in [1.29, 1.82) is 0 Å². The molecule has 0 unspecified atom stereocenters. The molecule has 22 heavy (non-hydrogen) atoms. The van der Waals surface area contributed by atoms with Crippen molar-refractivity contribution in [3.8, 4) is 5.75 Å². The van der Waals surface area contributed by atoms with Crippen LogP contribution in [0.5, 0.6) is 5.75 Å². The Morgan fingerprint density at radius 1 is 1.36 bits per heavy atom. The normalized spacial score (nSPS) is 17.9. The van der Waals surface area contributed by atoms with Gasteiger partial charge in [-0.1, -0.05) is 12.1 Å². The lowest BCUT2D eigenvalue weighted by Gasteiger charge is -2.16. The summed E-state index contributed by atoms with van der Waals surface area (Å²) in [6.45, 7) is 3.75. The number of ether oxygens (including phenoxy) is 1. The molecule has 1 fully saturated rings. The van der Waals surface area contributed by atoms with Crippen molar-refractivity contribution < 1.29 is 24.2 Å². The van der Waals surface area contributed by atoms with E-state index in [0.29, 0.717) is 12.4 Å². The van der Waals surface area contributed by atoms with E-state index in [1.165, 1.54) is 6.92 Å². The van der Waals surface area contributed by atoms with Gasteiger partial charge in [0.25, 0.3) is 11.1 Å². The highest BCUT2D eigenvalue weighted by molar-refractivity contribution is 8.18. The molecule has 0 aliphatic carbocycles. The molecule has 2 rings (SSSR count). The Morgan fingerprint density at radius 3 is 2.55 bits per heavy atom. The van der Waals surface area contributed by atoms with Crippen LogP contribution in [-0.4, -0.2) is 39.8 Å². The number of carboxylic acids is 1. The second-order valence-electron chi connectivity index (χ2n) is 4.57. The van der Waals surface area contributed by atoms with Gasteiger partial charge in [0.2, 0.25) is 0 Å². The molecule has 0 aromatic heterocycles. The first-order valence-electron chi connectivity index (χ1n) is 6.66. The van der Waals surface area contributed by atoms with E-state index in [9.17, 15) is 14.4 Å². The number of imide groups is 1. The maximum Gasteiger partial charge on any atom is 0.326 e. The molecule has 1 aromatic carbocycles. The third kappa shape index (κ3) is 3.30. The summed E-state index contributed by atoms with van der Waals surface area (Å²) in [5.74, 6) is -1.09. The highest BCUT2D eigenvalue weighted by Gasteiger charge is 2.40. The fourth-order valence-electron chi connectivity index (χ4n) is 1.90. The Balaban J connectivity index is 2.21. The summed E-state index contributed by atoms with van der Waals surface area (Å²) in [5, 5.41) is 8.37. The monoisotopic (exact) mass is 321 g/mol. The first-order chi connectivity index (χ1) is 10.4. The number of thioether (sulfide) groups is 1. The minimum Gasteiger partial charge on any atom is -0.494 e. The maximum absolute atomic E-state index is 12.2. The van der Waals surface area contributed by atoms with Gasteiger partial charge in [0.15, 0.2) is 0 Å². The molecule has 0 saturated carbocycles. The van der Waals surface area contributed by atoms with Crippen LogP contribution in [0.25, 0.3) is 6.08 Å². The van der Waals surface area contributed by atoms with Crippen LogP contribution >= 0.6 is 11.8 Å². The van der Waals surface area contributed by atoms with Crippen LogP contribution in [0.3, 0.4) is 0 Å². The molecule has 1 aromatic rings. The quantitative estimate of drug-likeness (QED) is 0.839. The fraction of sp³-hybridized carbons (Fsp3) is 0.267. The summed E-state index contributed by atoms with van der Waals surface area (Å²) < 4.78 is 5.32. The molecule has 1 saturated heterocycles. The van der Waals surface area contributed by atoms with Crippen LogP contribution in [0.4, 0.5) is 4.79 Å². The zero-order chi connectivity index (χ0) is 16.3. The minimum absolute atomic E-state index is 0.210. The third-order valence-electron chi connectivity index (χ3n) is 3.06. The second-order valence-corrected chi connectivity index (χ2v) is 5.56. The van der Waals surface area contributed by atoms with Gasteiger partial charge < -0.3 is 9.84 Å². The van der Waals surface area contributed by atoms with E-state index in [1.807, 2.05) is 6.92 Å². The Hall–Kier alpha value is -2.28. The van der Waals surface area contributed by atoms with Crippen LogP contribution in [-0.2, 0) is 9.59 Å². The van der Waals surface area contributed by atoms with Gasteiger partial charge in [0.1, 0.15) is 11.8 Å². The van der Waals surface area contributed by atoms with Crippen molar-refractivity contribution in [1.82, 2.24) is 4.90 Å². The molecule has 6 nitrogen and oxygen atoms in total. The zero-order valence-corrected chi connectivity index (χ0v) is 12.9. The van der Waals surface area contributed by atoms with Crippen molar-refractivity contribution in [2.45, 2.75) is 19.9 Å². The van der Waals surface area contributed by atoms with E-state index in [4.69, 9.17) is 9.84 Å². The maximum atomic E-state index is 12.2. The molecular formula is C15H15NO5S. The standard InChI is InChI=1S/C15H15NO5S/c1-3-21-11-6-4-10(5-7-11)8-12-13(17)16(15(20)22-12)9(2)14(18)19/h4-9H,3H2,1-2H3,(H,18,19)/b12-8+/t9-/m0/s1. The number of carbonyl (C=O) groups is 3. The predicted molar refractivity (Wildman–Crippen MR) is 82.5 cm³/mol. The van der Waals surface area contributed by atoms with Crippen LogP contribution in [0.15, 0.2) is 29.2 Å². The predicted octanol–water partition coefficient (Wildman–Crippen LogP) is 2.59. The number of benzene rings is 1. The number of rotatable bonds is 5. The van der Waals surface area contributed by atoms with Gasteiger partial charge >= 0.3 is 5.97 Å². The van der Waals surface area contributed by atoms with Crippen LogP contribution in [0.2, 0.25) is 0 Å². The van der Waals surface area contributed by atoms with Gasteiger partial charge in [0.05, 0.1) is 11.5 Å². The van der Waals surface area contributed by atoms with Gasteiger partial charge in [0, 0.05) is 0 Å². The number of carbonyl (C=O) groups excluding carboxylic acids is 2. The summed E-state index contributed by atoms with van der Waals surface area (Å²) in [6.07, 6.45) is 1.56. The molecule has 1 N–H and O–H groups in total. The van der Waals surface area contributed by atoms with Crippen LogP contribution < -0.4 is 4.74 Å². The van der Waals surface area contributed by atoms with E-state index in [-0.39, 0.29) is 4.91 Å². The number of nitrogens with zero attached hydrogens (tertiary/aromatic N) is 1. The average Bonchev–Trinajstić information content (AvgIpc) is 2.75. The third-order valence-corrected chi connectivity index (χ3v) is 3.94. The molecule has 7 heteroatoms. The smallest absolute Gasteiger partial charge is 0.326 e. The molecule has 1 atom stereocenters. The Kier molecular flexibility index (Phi) is 4.87. The highest BCUT2D eigenvalue weighted by Crippen LogP contribution is 2.33. The highest BCUT2D eigenvalue weighted by atomic mass is 32.2. The number of hydrogen-bond donors (Lipinski definition) is 1. The van der Waals surface area contributed by atoms with Gasteiger partial charge in [-0.25, -0.2) is 4.79 Å². The zero-order valence-electron chi connectivity index (χ0n) is 12.1. The molecule has 1 aliphatic rings. The summed E-state index contributed by atoms with van der Waals surface area (Å²) in [5.41, 5.74) is 0.733. The molecule has 116 valence electrons. The number of hydrogen-bond acceptors (Lipinski definition) is 5. The van der Waals surface area contributed by atoms with Gasteiger partial charge in [-0.2, -0.15) is 0 Å². The summed E-state index contributed by atoms with van der Waals surface area (Å²) in [6, 6.07) is 5.87. The minimum atomic E-state index is -1.22. The van der Waals surface area contributed by atoms with E-state index in [1.54, 1.807) is 30.3 Å². The molecule has 0 spiro atoms. The Bertz CT molecular complexity index is 638. The van der Waals surface area contributed by atoms with E-state index >= 15 is 0 Å². The first-order valence-corrected chi connectivity index (χ1v) is 7.48. The molecule has 1 aliphatic heterocycles. The number of carboxylic acid groups (broad SMARTS) is 1. The largest absolute Gasteiger partial charge is 0.494 e. The van der Waals surface area contributed by atoms with Crippen molar-refractivity contribution in [3.63, 3.8) is 0 Å². The van der Waals surface area contributed by atoms with E-state index < -0.39 is 23.2 Å². The summed E-state index contributed by atoms with van der Waals surface area (Å²) >= 11 is 0.741. The van der Waals surface area contributed by atoms with Crippen LogP contribution in [0, 0.1) is 0 Å². The molecule has 2 amide bonds. The molecular weight excluding hydrogens is 306 g/mol. The summed E-state index contributed by atoms with van der Waals surface area (Å²) in [7, 11) is 0. The average molecular weight is 321 g/mol. The van der Waals surface area contributed by atoms with Gasteiger partial charge in [-0.05, 0) is 49.4 Å². The Labute approximate surface area is 131 Å². The number of amides is 2. The van der Waals surface area contributed by atoms with Crippen LogP contribution in [0.1, 0.15) is 19.4 Å². The fourth-order valence-corrected chi connectivity index (χ4v) is 2.81. The molecule has 1 heterocycles. The van der Waals surface area contributed by atoms with Crippen molar-refractivity contribution in [3.05, 3.63) is 34.7 Å². The van der Waals surface area contributed by atoms with E-state index in [2.05, 4.69) is 0 Å². The second kappa shape index (κ2) is 6.65. The van der Waals surface area contributed by atoms with Crippen molar-refractivity contribution in [2.75, 3.05) is 6.61 Å². The topological polar surface area (TPSA) is 83.9 Å². The van der Waals surface area contributed by atoms with Gasteiger partial charge in [-0.15, -0.1) is 0 Å². The Morgan fingerprint density at radius 2 is 2.00 bits per heavy atom. The van der Waals surface area contributed by atoms with Crippen molar-refractivity contribution >= 4 is 35.0 Å². The lowest BCUT2D eigenvalue weighted by Crippen LogP contribution is -2.41. The van der Waals surface area contributed by atoms with Gasteiger partial charge in [-0.3, -0.25) is 14.5 Å².